The molecule has 0 unspecified atom stereocenters. The Kier molecular flexibility index (Phi) is 7.62. The van der Waals surface area contributed by atoms with E-state index < -0.39 is 33.0 Å². The molecule has 3 aromatic rings. The molecule has 1 aromatic heterocycles. The maximum Gasteiger partial charge on any atom is 0.243 e. The van der Waals surface area contributed by atoms with E-state index in [-0.39, 0.29) is 41.3 Å². The molecule has 9 nitrogen and oxygen atoms in total. The molecule has 0 bridgehead atoms. The lowest BCUT2D eigenvalue weighted by molar-refractivity contribution is -0.109. The van der Waals surface area contributed by atoms with Crippen molar-refractivity contribution in [3.05, 3.63) is 64.5 Å². The summed E-state index contributed by atoms with van der Waals surface area (Å²) in [6.45, 7) is 0.375. The number of carbonyl (C=O) groups excluding carboxylic acids is 2. The highest BCUT2D eigenvalue weighted by Gasteiger charge is 2.30. The minimum atomic E-state index is -3.72. The van der Waals surface area contributed by atoms with Gasteiger partial charge in [0.15, 0.2) is 11.4 Å². The van der Waals surface area contributed by atoms with Gasteiger partial charge in [-0.2, -0.15) is 4.31 Å². The quantitative estimate of drug-likeness (QED) is 0.315. The van der Waals surface area contributed by atoms with E-state index in [1.165, 1.54) is 28.6 Å². The van der Waals surface area contributed by atoms with Gasteiger partial charge in [-0.15, -0.1) is 0 Å². The predicted molar refractivity (Wildman–Crippen MR) is 130 cm³/mol. The van der Waals surface area contributed by atoms with Gasteiger partial charge < -0.3 is 15.8 Å². The number of hydrogen-bond acceptors (Lipinski definition) is 9. The molecule has 2 aromatic carbocycles. The number of piperidine rings is 1. The minimum absolute atomic E-state index is 0.0814. The van der Waals surface area contributed by atoms with Crippen LogP contribution in [0.1, 0.15) is 28.1 Å². The van der Waals surface area contributed by atoms with Gasteiger partial charge in [-0.1, -0.05) is 17.4 Å². The normalized spacial score (nSPS) is 14.9. The van der Waals surface area contributed by atoms with E-state index in [1.54, 1.807) is 0 Å². The van der Waals surface area contributed by atoms with Gasteiger partial charge in [0, 0.05) is 19.1 Å². The van der Waals surface area contributed by atoms with Gasteiger partial charge in [0.1, 0.15) is 34.7 Å². The number of anilines is 2. The van der Waals surface area contributed by atoms with Crippen LogP contribution in [0.5, 0.6) is 5.75 Å². The fourth-order valence-electron chi connectivity index (χ4n) is 3.79. The number of nitrogens with two attached hydrogens (primary N) is 1. The number of rotatable bonds is 9. The molecule has 1 aliphatic rings. The van der Waals surface area contributed by atoms with E-state index in [9.17, 15) is 26.8 Å². The zero-order chi connectivity index (χ0) is 25.9. The lowest BCUT2D eigenvalue weighted by atomic mass is 10.1. The molecule has 4 rings (SSSR count). The van der Waals surface area contributed by atoms with Crippen molar-refractivity contribution in [3.63, 3.8) is 0 Å². The molecule has 0 radical (unpaired) electrons. The fourth-order valence-corrected chi connectivity index (χ4v) is 6.16. The number of aromatic nitrogens is 1. The summed E-state index contributed by atoms with van der Waals surface area (Å²) in [7, 11) is -3.72. The Hall–Kier alpha value is -3.42. The standard InChI is InChI=1S/C23H22F2N4O5S2/c24-17-2-1-3-18(25)19(17)20(31)21-22(26)28-23(35-21)27-14-8-10-29(11-9-14)36(32,33)16-6-4-15(5-7-16)34-13-12-30/h1-7,12,14H,8-11,13,26H2,(H,27,28). The zero-order valence-corrected chi connectivity index (χ0v) is 20.5. The molecule has 3 N–H and O–H groups in total. The topological polar surface area (TPSA) is 132 Å². The summed E-state index contributed by atoms with van der Waals surface area (Å²) < 4.78 is 60.5. The van der Waals surface area contributed by atoms with Crippen LogP contribution >= 0.6 is 11.3 Å². The van der Waals surface area contributed by atoms with Gasteiger partial charge in [0.05, 0.1) is 10.5 Å². The Morgan fingerprint density at radius 2 is 1.81 bits per heavy atom. The van der Waals surface area contributed by atoms with E-state index >= 15 is 0 Å². The van der Waals surface area contributed by atoms with Crippen molar-refractivity contribution in [2.45, 2.75) is 23.8 Å². The molecule has 0 spiro atoms. The van der Waals surface area contributed by atoms with Gasteiger partial charge >= 0.3 is 0 Å². The molecule has 2 heterocycles. The Morgan fingerprint density at radius 1 is 1.17 bits per heavy atom. The lowest BCUT2D eigenvalue weighted by Crippen LogP contribution is -2.42. The predicted octanol–water partition coefficient (Wildman–Crippen LogP) is 3.08. The van der Waals surface area contributed by atoms with Gasteiger partial charge in [-0.25, -0.2) is 22.2 Å². The molecule has 0 amide bonds. The molecule has 0 saturated carbocycles. The van der Waals surface area contributed by atoms with Crippen molar-refractivity contribution >= 4 is 44.4 Å². The van der Waals surface area contributed by atoms with Crippen LogP contribution in [0.4, 0.5) is 19.7 Å². The maximum absolute atomic E-state index is 14.0. The van der Waals surface area contributed by atoms with Crippen LogP contribution in [0.2, 0.25) is 0 Å². The van der Waals surface area contributed by atoms with Crippen LogP contribution in [-0.2, 0) is 14.8 Å². The van der Waals surface area contributed by atoms with Crippen LogP contribution in [0.25, 0.3) is 0 Å². The minimum Gasteiger partial charge on any atom is -0.486 e. The number of ether oxygens (including phenoxy) is 1. The first kappa shape index (κ1) is 25.7. The van der Waals surface area contributed by atoms with Crippen molar-refractivity contribution < 1.29 is 31.5 Å². The third kappa shape index (κ3) is 5.37. The van der Waals surface area contributed by atoms with Crippen LogP contribution in [0.3, 0.4) is 0 Å². The summed E-state index contributed by atoms with van der Waals surface area (Å²) in [6, 6.07) is 8.83. The average molecular weight is 537 g/mol. The highest BCUT2D eigenvalue weighted by atomic mass is 32.2. The van der Waals surface area contributed by atoms with Crippen molar-refractivity contribution in [2.75, 3.05) is 30.7 Å². The average Bonchev–Trinajstić information content (AvgIpc) is 3.23. The van der Waals surface area contributed by atoms with Crippen molar-refractivity contribution in [2.24, 2.45) is 0 Å². The third-order valence-electron chi connectivity index (χ3n) is 5.61. The van der Waals surface area contributed by atoms with E-state index in [0.717, 1.165) is 29.5 Å². The van der Waals surface area contributed by atoms with E-state index in [0.29, 0.717) is 30.0 Å². The second-order valence-corrected chi connectivity index (χ2v) is 10.9. The van der Waals surface area contributed by atoms with E-state index in [1.807, 2.05) is 0 Å². The Bertz CT molecular complexity index is 1350. The number of aldehydes is 1. The first-order chi connectivity index (χ1) is 17.2. The molecule has 0 atom stereocenters. The second kappa shape index (κ2) is 10.7. The van der Waals surface area contributed by atoms with Crippen LogP contribution in [-0.4, -0.2) is 55.5 Å². The number of sulfonamides is 1. The van der Waals surface area contributed by atoms with Gasteiger partial charge in [0.25, 0.3) is 0 Å². The largest absolute Gasteiger partial charge is 0.486 e. The number of hydrogen-bond donors (Lipinski definition) is 2. The van der Waals surface area contributed by atoms with Crippen molar-refractivity contribution in [1.29, 1.82) is 0 Å². The number of nitrogens with zero attached hydrogens (tertiary/aromatic N) is 2. The lowest BCUT2D eigenvalue weighted by Gasteiger charge is -2.31. The van der Waals surface area contributed by atoms with Crippen molar-refractivity contribution in [3.8, 4) is 5.75 Å². The Morgan fingerprint density at radius 3 is 2.42 bits per heavy atom. The maximum atomic E-state index is 14.0. The van der Waals surface area contributed by atoms with Crippen LogP contribution < -0.4 is 15.8 Å². The van der Waals surface area contributed by atoms with E-state index in [2.05, 4.69) is 10.3 Å². The number of halogens is 2. The second-order valence-electron chi connectivity index (χ2n) is 7.93. The smallest absolute Gasteiger partial charge is 0.243 e. The summed E-state index contributed by atoms with van der Waals surface area (Å²) >= 11 is 0.888. The van der Waals surface area contributed by atoms with E-state index in [4.69, 9.17) is 10.5 Å². The summed E-state index contributed by atoms with van der Waals surface area (Å²) in [6.07, 6.45) is 1.53. The fraction of sp³-hybridized carbons (Fsp3) is 0.261. The van der Waals surface area contributed by atoms with Crippen LogP contribution in [0, 0.1) is 11.6 Å². The molecular formula is C23H22F2N4O5S2. The first-order valence-corrected chi connectivity index (χ1v) is 13.1. The molecule has 0 aliphatic carbocycles. The molecule has 1 saturated heterocycles. The summed E-state index contributed by atoms with van der Waals surface area (Å²) in [5.41, 5.74) is 5.15. The molecular weight excluding hydrogens is 514 g/mol. The SMILES string of the molecule is Nc1nc(NC2CCN(S(=O)(=O)c3ccc(OCC=O)cc3)CC2)sc1C(=O)c1c(F)cccc1F. The highest BCUT2D eigenvalue weighted by Crippen LogP contribution is 2.31. The van der Waals surface area contributed by atoms with Gasteiger partial charge in [-0.3, -0.25) is 9.59 Å². The highest BCUT2D eigenvalue weighted by molar-refractivity contribution is 7.89. The third-order valence-corrected chi connectivity index (χ3v) is 8.52. The molecule has 1 aliphatic heterocycles. The Labute approximate surface area is 209 Å². The Balaban J connectivity index is 1.39. The number of ketones is 1. The van der Waals surface area contributed by atoms with Gasteiger partial charge in [0.2, 0.25) is 15.8 Å². The number of carbonyl (C=O) groups is 2. The number of benzene rings is 2. The summed E-state index contributed by atoms with van der Waals surface area (Å²) in [5, 5.41) is 3.44. The summed E-state index contributed by atoms with van der Waals surface area (Å²) in [4.78, 5) is 27.2. The number of nitrogens with one attached hydrogen (secondary N) is 1. The number of nitrogen functional groups attached to an aromatic ring is 1. The summed E-state index contributed by atoms with van der Waals surface area (Å²) in [5.74, 6) is -2.62. The molecule has 190 valence electrons. The van der Waals surface area contributed by atoms with Crippen molar-refractivity contribution in [1.82, 2.24) is 9.29 Å². The number of thiazole rings is 1. The van der Waals surface area contributed by atoms with Gasteiger partial charge in [-0.05, 0) is 49.2 Å². The molecule has 1 fully saturated rings. The molecule has 13 heteroatoms. The van der Waals surface area contributed by atoms with Crippen LogP contribution in [0.15, 0.2) is 47.4 Å². The first-order valence-electron chi connectivity index (χ1n) is 10.9. The zero-order valence-electron chi connectivity index (χ0n) is 18.8. The monoisotopic (exact) mass is 536 g/mol. The molecule has 36 heavy (non-hydrogen) atoms.